The van der Waals surface area contributed by atoms with Crippen LogP contribution in [0.2, 0.25) is 0 Å². The molecule has 2 saturated heterocycles. The number of rotatable bonds is 19. The molecule has 0 unspecified atom stereocenters. The van der Waals surface area contributed by atoms with Gasteiger partial charge in [0.2, 0.25) is 0 Å². The van der Waals surface area contributed by atoms with E-state index < -0.39 is 0 Å². The Morgan fingerprint density at radius 2 is 0.929 bits per heavy atom. The monoisotopic (exact) mass is 402 g/mol. The number of hydrogen-bond acceptors (Lipinski definition) is 6. The SMILES string of the molecule is CCCCC1(COCCOCCOCCOCC2(CCCC)COC2)COC1. The molecule has 0 atom stereocenters. The summed E-state index contributed by atoms with van der Waals surface area (Å²) in [6.45, 7) is 13.1. The van der Waals surface area contributed by atoms with Crippen molar-refractivity contribution >= 4 is 0 Å². The maximum atomic E-state index is 5.80. The van der Waals surface area contributed by atoms with Crippen LogP contribution in [-0.4, -0.2) is 79.3 Å². The number of ether oxygens (including phenoxy) is 6. The van der Waals surface area contributed by atoms with Crippen molar-refractivity contribution in [1.29, 1.82) is 0 Å². The van der Waals surface area contributed by atoms with Gasteiger partial charge in [-0.3, -0.25) is 0 Å². The normalized spacial score (nSPS) is 19.9. The van der Waals surface area contributed by atoms with Gasteiger partial charge >= 0.3 is 0 Å². The van der Waals surface area contributed by atoms with Crippen LogP contribution in [0.5, 0.6) is 0 Å². The molecule has 0 amide bonds. The van der Waals surface area contributed by atoms with Gasteiger partial charge in [0, 0.05) is 10.8 Å². The van der Waals surface area contributed by atoms with Gasteiger partial charge in [0.25, 0.3) is 0 Å². The van der Waals surface area contributed by atoms with E-state index in [0.29, 0.717) is 39.6 Å². The lowest BCUT2D eigenvalue weighted by Gasteiger charge is -2.41. The fraction of sp³-hybridized carbons (Fsp3) is 1.00. The van der Waals surface area contributed by atoms with Crippen molar-refractivity contribution in [2.24, 2.45) is 10.8 Å². The summed E-state index contributed by atoms with van der Waals surface area (Å²) in [4.78, 5) is 0. The van der Waals surface area contributed by atoms with E-state index in [1.165, 1.54) is 38.5 Å². The van der Waals surface area contributed by atoms with Gasteiger partial charge in [-0.1, -0.05) is 39.5 Å². The maximum absolute atomic E-state index is 5.80. The maximum Gasteiger partial charge on any atom is 0.0701 e. The molecule has 6 nitrogen and oxygen atoms in total. The van der Waals surface area contributed by atoms with E-state index in [4.69, 9.17) is 28.4 Å². The zero-order valence-electron chi connectivity index (χ0n) is 18.2. The summed E-state index contributed by atoms with van der Waals surface area (Å²) in [6.07, 6.45) is 7.35. The van der Waals surface area contributed by atoms with Gasteiger partial charge in [0.15, 0.2) is 0 Å². The highest BCUT2D eigenvalue weighted by molar-refractivity contribution is 4.86. The van der Waals surface area contributed by atoms with E-state index in [2.05, 4.69) is 13.8 Å². The molecule has 6 heteroatoms. The second kappa shape index (κ2) is 13.9. The zero-order valence-corrected chi connectivity index (χ0v) is 18.2. The molecule has 2 fully saturated rings. The van der Waals surface area contributed by atoms with Crippen molar-refractivity contribution in [3.05, 3.63) is 0 Å². The molecule has 0 bridgehead atoms. The predicted molar refractivity (Wildman–Crippen MR) is 109 cm³/mol. The van der Waals surface area contributed by atoms with E-state index in [-0.39, 0.29) is 10.8 Å². The highest BCUT2D eigenvalue weighted by Crippen LogP contribution is 2.34. The fourth-order valence-corrected chi connectivity index (χ4v) is 3.62. The molecule has 0 N–H and O–H groups in total. The van der Waals surface area contributed by atoms with Crippen molar-refractivity contribution < 1.29 is 28.4 Å². The predicted octanol–water partition coefficient (Wildman–Crippen LogP) is 3.47. The summed E-state index contributed by atoms with van der Waals surface area (Å²) >= 11 is 0. The third-order valence-corrected chi connectivity index (χ3v) is 5.69. The van der Waals surface area contributed by atoms with Crippen LogP contribution in [0.1, 0.15) is 52.4 Å². The minimum Gasteiger partial charge on any atom is -0.380 e. The molecule has 2 aliphatic rings. The minimum atomic E-state index is 0.264. The Balaban J connectivity index is 1.33. The van der Waals surface area contributed by atoms with Crippen LogP contribution in [0.3, 0.4) is 0 Å². The first-order chi connectivity index (χ1) is 13.7. The summed E-state index contributed by atoms with van der Waals surface area (Å²) in [5.41, 5.74) is 0.527. The Hall–Kier alpha value is -0.240. The van der Waals surface area contributed by atoms with Crippen LogP contribution in [0.25, 0.3) is 0 Å². The lowest BCUT2D eigenvalue weighted by molar-refractivity contribution is -0.157. The summed E-state index contributed by atoms with van der Waals surface area (Å²) in [5, 5.41) is 0. The van der Waals surface area contributed by atoms with Gasteiger partial charge < -0.3 is 28.4 Å². The molecule has 0 radical (unpaired) electrons. The summed E-state index contributed by atoms with van der Waals surface area (Å²) < 4.78 is 33.5. The first kappa shape index (κ1) is 24.0. The van der Waals surface area contributed by atoms with Crippen LogP contribution in [0.4, 0.5) is 0 Å². The van der Waals surface area contributed by atoms with Crippen LogP contribution in [-0.2, 0) is 28.4 Å². The Labute approximate surface area is 171 Å². The molecular weight excluding hydrogens is 360 g/mol. The van der Waals surface area contributed by atoms with E-state index in [9.17, 15) is 0 Å². The van der Waals surface area contributed by atoms with Crippen molar-refractivity contribution in [1.82, 2.24) is 0 Å². The van der Waals surface area contributed by atoms with Crippen molar-refractivity contribution in [2.75, 3.05) is 79.3 Å². The third-order valence-electron chi connectivity index (χ3n) is 5.69. The van der Waals surface area contributed by atoms with E-state index in [0.717, 1.165) is 39.6 Å². The largest absolute Gasteiger partial charge is 0.380 e. The van der Waals surface area contributed by atoms with Crippen molar-refractivity contribution in [3.63, 3.8) is 0 Å². The Bertz CT molecular complexity index is 345. The van der Waals surface area contributed by atoms with E-state index in [1.54, 1.807) is 0 Å². The average molecular weight is 403 g/mol. The first-order valence-corrected chi connectivity index (χ1v) is 11.2. The molecule has 0 aliphatic carbocycles. The molecule has 0 aromatic carbocycles. The molecule has 28 heavy (non-hydrogen) atoms. The lowest BCUT2D eigenvalue weighted by Crippen LogP contribution is -2.46. The van der Waals surface area contributed by atoms with Gasteiger partial charge in [0.1, 0.15) is 0 Å². The molecule has 2 rings (SSSR count). The van der Waals surface area contributed by atoms with Crippen LogP contribution in [0, 0.1) is 10.8 Å². The Kier molecular flexibility index (Phi) is 11.9. The molecule has 166 valence electrons. The minimum absolute atomic E-state index is 0.264. The standard InChI is InChI=1S/C22H42O6/c1-3-5-7-21(17-27-18-21)15-25-13-11-23-9-10-24-12-14-26-16-22(8-6-4-2)19-28-20-22/h3-20H2,1-2H3. The lowest BCUT2D eigenvalue weighted by atomic mass is 9.82. The molecule has 0 aromatic heterocycles. The molecule has 2 heterocycles. The van der Waals surface area contributed by atoms with E-state index >= 15 is 0 Å². The van der Waals surface area contributed by atoms with Gasteiger partial charge in [-0.2, -0.15) is 0 Å². The summed E-state index contributed by atoms with van der Waals surface area (Å²) in [7, 11) is 0. The molecule has 2 aliphatic heterocycles. The smallest absolute Gasteiger partial charge is 0.0701 e. The van der Waals surface area contributed by atoms with E-state index in [1.807, 2.05) is 0 Å². The molecule has 0 spiro atoms. The zero-order chi connectivity index (χ0) is 20.0. The molecule has 0 aromatic rings. The molecule has 0 saturated carbocycles. The summed E-state index contributed by atoms with van der Waals surface area (Å²) in [6, 6.07) is 0. The number of hydrogen-bond donors (Lipinski definition) is 0. The first-order valence-electron chi connectivity index (χ1n) is 11.2. The topological polar surface area (TPSA) is 55.4 Å². The average Bonchev–Trinajstić information content (AvgIpc) is 2.64. The van der Waals surface area contributed by atoms with Gasteiger partial charge in [-0.15, -0.1) is 0 Å². The number of unbranched alkanes of at least 4 members (excludes halogenated alkanes) is 2. The quantitative estimate of drug-likeness (QED) is 0.308. The second-order valence-corrected chi connectivity index (χ2v) is 8.52. The van der Waals surface area contributed by atoms with Gasteiger partial charge in [-0.25, -0.2) is 0 Å². The van der Waals surface area contributed by atoms with Crippen LogP contribution >= 0.6 is 0 Å². The molecular formula is C22H42O6. The van der Waals surface area contributed by atoms with Gasteiger partial charge in [0.05, 0.1) is 79.3 Å². The Morgan fingerprint density at radius 3 is 1.21 bits per heavy atom. The third kappa shape index (κ3) is 8.64. The van der Waals surface area contributed by atoms with Crippen LogP contribution in [0.15, 0.2) is 0 Å². The highest BCUT2D eigenvalue weighted by atomic mass is 16.6. The Morgan fingerprint density at radius 1 is 0.571 bits per heavy atom. The van der Waals surface area contributed by atoms with Crippen LogP contribution < -0.4 is 0 Å². The van der Waals surface area contributed by atoms with Crippen molar-refractivity contribution in [3.8, 4) is 0 Å². The highest BCUT2D eigenvalue weighted by Gasteiger charge is 2.38. The second-order valence-electron chi connectivity index (χ2n) is 8.52. The van der Waals surface area contributed by atoms with Gasteiger partial charge in [-0.05, 0) is 12.8 Å². The fourth-order valence-electron chi connectivity index (χ4n) is 3.62. The summed E-state index contributed by atoms with van der Waals surface area (Å²) in [5.74, 6) is 0. The van der Waals surface area contributed by atoms with Crippen molar-refractivity contribution in [2.45, 2.75) is 52.4 Å².